The predicted molar refractivity (Wildman–Crippen MR) is 102 cm³/mol. The topological polar surface area (TPSA) is 66.8 Å². The number of halogens is 1. The van der Waals surface area contributed by atoms with Crippen molar-refractivity contribution in [1.29, 1.82) is 0 Å². The van der Waals surface area contributed by atoms with Crippen molar-refractivity contribution >= 4 is 11.8 Å². The Morgan fingerprint density at radius 2 is 1.79 bits per heavy atom. The molecule has 6 heteroatoms. The number of carbonyl (C=O) groups is 2. The predicted octanol–water partition coefficient (Wildman–Crippen LogP) is 2.80. The minimum Gasteiger partial charge on any atom is -0.490 e. The highest BCUT2D eigenvalue weighted by atomic mass is 19.1. The van der Waals surface area contributed by atoms with Crippen molar-refractivity contribution in [2.45, 2.75) is 32.8 Å². The van der Waals surface area contributed by atoms with E-state index in [1.165, 1.54) is 12.1 Å². The van der Waals surface area contributed by atoms with Gasteiger partial charge in [-0.2, -0.15) is 0 Å². The van der Waals surface area contributed by atoms with Gasteiger partial charge in [-0.3, -0.25) is 14.5 Å². The Labute approximate surface area is 163 Å². The van der Waals surface area contributed by atoms with E-state index in [-0.39, 0.29) is 37.2 Å². The summed E-state index contributed by atoms with van der Waals surface area (Å²) in [4.78, 5) is 25.9. The van der Waals surface area contributed by atoms with Crippen LogP contribution in [0.5, 0.6) is 5.75 Å². The smallest absolute Gasteiger partial charge is 0.233 e. The number of aliphatic hydroxyl groups is 1. The van der Waals surface area contributed by atoms with E-state index >= 15 is 0 Å². The van der Waals surface area contributed by atoms with Crippen molar-refractivity contribution in [2.24, 2.45) is 5.92 Å². The number of carbonyl (C=O) groups excluding carboxylic acids is 2. The van der Waals surface area contributed by atoms with Gasteiger partial charge < -0.3 is 9.84 Å². The lowest BCUT2D eigenvalue weighted by molar-refractivity contribution is -0.141. The molecule has 1 saturated heterocycles. The van der Waals surface area contributed by atoms with E-state index < -0.39 is 12.0 Å². The second-order valence-electron chi connectivity index (χ2n) is 7.26. The number of amides is 2. The zero-order valence-electron chi connectivity index (χ0n) is 16.0. The molecule has 5 nitrogen and oxygen atoms in total. The Kier molecular flexibility index (Phi) is 6.09. The second-order valence-corrected chi connectivity index (χ2v) is 7.26. The summed E-state index contributed by atoms with van der Waals surface area (Å²) in [5.74, 6) is -0.727. The monoisotopic (exact) mass is 385 g/mol. The lowest BCUT2D eigenvalue weighted by atomic mass is 9.98. The number of likely N-dealkylation sites (tertiary alicyclic amines) is 1. The SMILES string of the molecule is Cc1cccc(C)c1OCC(O)CN1C(=O)CC(Cc2ccc(F)cc2)C1=O. The van der Waals surface area contributed by atoms with Gasteiger partial charge in [-0.15, -0.1) is 0 Å². The maximum Gasteiger partial charge on any atom is 0.233 e. The van der Waals surface area contributed by atoms with Gasteiger partial charge in [0.25, 0.3) is 0 Å². The fraction of sp³-hybridized carbons (Fsp3) is 0.364. The molecule has 1 fully saturated rings. The Morgan fingerprint density at radius 3 is 2.43 bits per heavy atom. The molecule has 148 valence electrons. The van der Waals surface area contributed by atoms with Crippen LogP contribution in [0.3, 0.4) is 0 Å². The molecule has 2 aromatic rings. The van der Waals surface area contributed by atoms with E-state index in [1.54, 1.807) is 12.1 Å². The molecule has 0 saturated carbocycles. The fourth-order valence-corrected chi connectivity index (χ4v) is 3.48. The van der Waals surface area contributed by atoms with Gasteiger partial charge in [0.1, 0.15) is 24.3 Å². The number of nitrogens with zero attached hydrogens (tertiary/aromatic N) is 1. The summed E-state index contributed by atoms with van der Waals surface area (Å²) >= 11 is 0. The van der Waals surface area contributed by atoms with E-state index in [4.69, 9.17) is 4.74 Å². The molecule has 0 spiro atoms. The Bertz CT molecular complexity index is 845. The summed E-state index contributed by atoms with van der Waals surface area (Å²) in [5, 5.41) is 10.3. The molecule has 28 heavy (non-hydrogen) atoms. The number of para-hydroxylation sites is 1. The van der Waals surface area contributed by atoms with E-state index in [0.717, 1.165) is 21.6 Å². The van der Waals surface area contributed by atoms with Crippen LogP contribution in [0.4, 0.5) is 4.39 Å². The van der Waals surface area contributed by atoms with Crippen molar-refractivity contribution in [3.63, 3.8) is 0 Å². The van der Waals surface area contributed by atoms with E-state index in [1.807, 2.05) is 32.0 Å². The summed E-state index contributed by atoms with van der Waals surface area (Å²) in [7, 11) is 0. The molecule has 1 aliphatic heterocycles. The third kappa shape index (κ3) is 4.57. The minimum absolute atomic E-state index is 0.00855. The van der Waals surface area contributed by atoms with E-state index in [9.17, 15) is 19.1 Å². The molecule has 3 rings (SSSR count). The maximum atomic E-state index is 13.0. The molecule has 0 aliphatic carbocycles. The summed E-state index contributed by atoms with van der Waals surface area (Å²) in [6.45, 7) is 3.73. The van der Waals surface area contributed by atoms with Crippen LogP contribution in [0.1, 0.15) is 23.1 Å². The van der Waals surface area contributed by atoms with Crippen molar-refractivity contribution in [3.8, 4) is 5.75 Å². The summed E-state index contributed by atoms with van der Waals surface area (Å²) in [6.07, 6.45) is -0.506. The standard InChI is InChI=1S/C22H24FNO4/c1-14-4-3-5-15(2)21(14)28-13-19(25)12-24-20(26)11-17(22(24)27)10-16-6-8-18(23)9-7-16/h3-9,17,19,25H,10-13H2,1-2H3. The normalized spacial score (nSPS) is 17.9. The van der Waals surface area contributed by atoms with Gasteiger partial charge in [-0.25, -0.2) is 4.39 Å². The molecule has 1 aliphatic rings. The minimum atomic E-state index is -0.975. The first kappa shape index (κ1) is 20.0. The molecule has 2 atom stereocenters. The van der Waals surface area contributed by atoms with Crippen LogP contribution in [-0.2, 0) is 16.0 Å². The number of aryl methyl sites for hydroxylation is 2. The third-order valence-corrected chi connectivity index (χ3v) is 4.95. The van der Waals surface area contributed by atoms with Gasteiger partial charge >= 0.3 is 0 Å². The highest BCUT2D eigenvalue weighted by Crippen LogP contribution is 2.25. The van der Waals surface area contributed by atoms with Crippen LogP contribution in [0.15, 0.2) is 42.5 Å². The molecule has 2 amide bonds. The van der Waals surface area contributed by atoms with E-state index in [0.29, 0.717) is 12.2 Å². The number of aliphatic hydroxyl groups excluding tert-OH is 1. The van der Waals surface area contributed by atoms with Crippen LogP contribution in [0.25, 0.3) is 0 Å². The molecule has 1 N–H and O–H groups in total. The Hall–Kier alpha value is -2.73. The molecule has 0 radical (unpaired) electrons. The van der Waals surface area contributed by atoms with Gasteiger partial charge in [0.05, 0.1) is 12.5 Å². The quantitative estimate of drug-likeness (QED) is 0.745. The van der Waals surface area contributed by atoms with Crippen LogP contribution >= 0.6 is 0 Å². The van der Waals surface area contributed by atoms with Crippen LogP contribution in [0.2, 0.25) is 0 Å². The summed E-state index contributed by atoms with van der Waals surface area (Å²) < 4.78 is 18.7. The van der Waals surface area contributed by atoms with Gasteiger partial charge in [-0.1, -0.05) is 30.3 Å². The summed E-state index contributed by atoms with van der Waals surface area (Å²) in [5.41, 5.74) is 2.72. The van der Waals surface area contributed by atoms with Gasteiger partial charge in [0.2, 0.25) is 11.8 Å². The second kappa shape index (κ2) is 8.52. The van der Waals surface area contributed by atoms with Crippen molar-refractivity contribution in [1.82, 2.24) is 4.90 Å². The maximum absolute atomic E-state index is 13.0. The van der Waals surface area contributed by atoms with Gasteiger partial charge in [-0.05, 0) is 49.1 Å². The molecule has 2 aromatic carbocycles. The molecule has 2 unspecified atom stereocenters. The lowest BCUT2D eigenvalue weighted by Crippen LogP contribution is -2.39. The molecule has 0 aromatic heterocycles. The van der Waals surface area contributed by atoms with Gasteiger partial charge in [0.15, 0.2) is 0 Å². The van der Waals surface area contributed by atoms with Crippen molar-refractivity contribution in [2.75, 3.05) is 13.2 Å². The molecule has 1 heterocycles. The van der Waals surface area contributed by atoms with Crippen LogP contribution in [-0.4, -0.2) is 41.1 Å². The van der Waals surface area contributed by atoms with Crippen LogP contribution < -0.4 is 4.74 Å². The lowest BCUT2D eigenvalue weighted by Gasteiger charge is -2.20. The first-order valence-corrected chi connectivity index (χ1v) is 9.31. The Morgan fingerprint density at radius 1 is 1.14 bits per heavy atom. The molecular formula is C22H24FNO4. The average Bonchev–Trinajstić information content (AvgIpc) is 2.90. The zero-order chi connectivity index (χ0) is 20.3. The van der Waals surface area contributed by atoms with Crippen LogP contribution in [0, 0.1) is 25.6 Å². The number of hydrogen-bond donors (Lipinski definition) is 1. The summed E-state index contributed by atoms with van der Waals surface area (Å²) in [6, 6.07) is 11.7. The largest absolute Gasteiger partial charge is 0.490 e. The number of ether oxygens (including phenoxy) is 1. The molecule has 0 bridgehead atoms. The number of hydrogen-bond acceptors (Lipinski definition) is 4. The zero-order valence-corrected chi connectivity index (χ0v) is 16.0. The van der Waals surface area contributed by atoms with Crippen molar-refractivity contribution in [3.05, 3.63) is 65.0 Å². The average molecular weight is 385 g/mol. The van der Waals surface area contributed by atoms with E-state index in [2.05, 4.69) is 0 Å². The number of benzene rings is 2. The highest BCUT2D eigenvalue weighted by Gasteiger charge is 2.39. The molecular weight excluding hydrogens is 361 g/mol. The third-order valence-electron chi connectivity index (χ3n) is 4.95. The highest BCUT2D eigenvalue weighted by molar-refractivity contribution is 6.03. The van der Waals surface area contributed by atoms with Gasteiger partial charge in [0, 0.05) is 6.42 Å². The number of rotatable bonds is 7. The Balaban J connectivity index is 1.57. The number of imide groups is 1. The first-order chi connectivity index (χ1) is 13.3. The van der Waals surface area contributed by atoms with Crippen molar-refractivity contribution < 1.29 is 23.8 Å². The first-order valence-electron chi connectivity index (χ1n) is 9.31. The fourth-order valence-electron chi connectivity index (χ4n) is 3.48. The number of β-amino-alcohol motifs (C(OH)–C–C–N with tert-alkyl or cyclic N) is 1.